The van der Waals surface area contributed by atoms with E-state index in [4.69, 9.17) is 4.74 Å². The van der Waals surface area contributed by atoms with Crippen LogP contribution in [0.5, 0.6) is 5.75 Å². The fourth-order valence-corrected chi connectivity index (χ4v) is 3.12. The summed E-state index contributed by atoms with van der Waals surface area (Å²) in [4.78, 5) is 37.1. The molecule has 2 heterocycles. The van der Waals surface area contributed by atoms with E-state index in [1.165, 1.54) is 12.1 Å². The highest BCUT2D eigenvalue weighted by Crippen LogP contribution is 2.25. The van der Waals surface area contributed by atoms with Crippen molar-refractivity contribution in [2.24, 2.45) is 0 Å². The number of carbonyl (C=O) groups excluding carboxylic acids is 3. The third kappa shape index (κ3) is 3.89. The molecule has 134 valence electrons. The highest BCUT2D eigenvalue weighted by molar-refractivity contribution is 6.07. The van der Waals surface area contributed by atoms with Crippen molar-refractivity contribution < 1.29 is 23.5 Å². The van der Waals surface area contributed by atoms with Crippen LogP contribution in [0.3, 0.4) is 0 Å². The molecule has 2 N–H and O–H groups in total. The van der Waals surface area contributed by atoms with Crippen LogP contribution in [-0.2, 0) is 9.59 Å². The molecule has 3 rings (SSSR count). The molecule has 0 aromatic heterocycles. The minimum absolute atomic E-state index is 0.00212. The number of hydrogen-bond donors (Lipinski definition) is 2. The van der Waals surface area contributed by atoms with Gasteiger partial charge in [-0.3, -0.25) is 14.9 Å². The molecule has 0 radical (unpaired) electrons. The van der Waals surface area contributed by atoms with Crippen LogP contribution < -0.4 is 15.4 Å². The number of imide groups is 1. The fourth-order valence-electron chi connectivity index (χ4n) is 3.12. The van der Waals surface area contributed by atoms with Gasteiger partial charge in [-0.15, -0.1) is 0 Å². The molecule has 1 aromatic carbocycles. The number of rotatable bonds is 5. The highest BCUT2D eigenvalue weighted by Gasteiger charge is 2.48. The number of nitrogens with one attached hydrogen (secondary N) is 2. The van der Waals surface area contributed by atoms with Crippen molar-refractivity contribution in [2.45, 2.75) is 31.2 Å². The minimum Gasteiger partial charge on any atom is -0.494 e. The number of amides is 4. The van der Waals surface area contributed by atoms with Crippen LogP contribution in [0.4, 0.5) is 9.18 Å². The summed E-state index contributed by atoms with van der Waals surface area (Å²) >= 11 is 0. The smallest absolute Gasteiger partial charge is 0.322 e. The monoisotopic (exact) mass is 349 g/mol. The molecule has 25 heavy (non-hydrogen) atoms. The number of likely N-dealkylation sites (tertiary alicyclic amines) is 1. The molecule has 0 aliphatic carbocycles. The first-order valence-electron chi connectivity index (χ1n) is 8.28. The van der Waals surface area contributed by atoms with E-state index in [-0.39, 0.29) is 17.6 Å². The van der Waals surface area contributed by atoms with Gasteiger partial charge in [-0.2, -0.15) is 0 Å². The van der Waals surface area contributed by atoms with Crippen molar-refractivity contribution in [1.29, 1.82) is 0 Å². The van der Waals surface area contributed by atoms with E-state index in [9.17, 15) is 18.8 Å². The van der Waals surface area contributed by atoms with Gasteiger partial charge in [-0.1, -0.05) is 0 Å². The van der Waals surface area contributed by atoms with Gasteiger partial charge < -0.3 is 15.0 Å². The molecule has 4 amide bonds. The second-order valence-corrected chi connectivity index (χ2v) is 6.28. The van der Waals surface area contributed by atoms with Crippen LogP contribution in [0.25, 0.3) is 0 Å². The summed E-state index contributed by atoms with van der Waals surface area (Å²) in [6.07, 6.45) is 1.73. The molecule has 0 bridgehead atoms. The van der Waals surface area contributed by atoms with Crippen molar-refractivity contribution >= 4 is 17.8 Å². The van der Waals surface area contributed by atoms with Crippen molar-refractivity contribution in [3.63, 3.8) is 0 Å². The lowest BCUT2D eigenvalue weighted by Gasteiger charge is -2.37. The van der Waals surface area contributed by atoms with E-state index in [1.54, 1.807) is 17.0 Å². The van der Waals surface area contributed by atoms with Gasteiger partial charge in [0.1, 0.15) is 17.1 Å². The fraction of sp³-hybridized carbons (Fsp3) is 0.471. The van der Waals surface area contributed by atoms with E-state index in [0.29, 0.717) is 51.1 Å². The van der Waals surface area contributed by atoms with Crippen LogP contribution in [0.15, 0.2) is 24.3 Å². The molecule has 2 aliphatic rings. The maximum absolute atomic E-state index is 12.8. The number of piperidine rings is 1. The lowest BCUT2D eigenvalue weighted by atomic mass is 9.87. The zero-order valence-electron chi connectivity index (χ0n) is 13.7. The van der Waals surface area contributed by atoms with Gasteiger partial charge in [0, 0.05) is 19.5 Å². The maximum Gasteiger partial charge on any atom is 0.322 e. The van der Waals surface area contributed by atoms with E-state index in [0.717, 1.165) is 0 Å². The van der Waals surface area contributed by atoms with Gasteiger partial charge in [0.25, 0.3) is 5.91 Å². The molecule has 8 heteroatoms. The number of halogens is 1. The summed E-state index contributed by atoms with van der Waals surface area (Å²) in [5.41, 5.74) is -0.862. The first-order chi connectivity index (χ1) is 12.0. The summed E-state index contributed by atoms with van der Waals surface area (Å²) in [5, 5.41) is 4.92. The second-order valence-electron chi connectivity index (χ2n) is 6.28. The number of benzene rings is 1. The van der Waals surface area contributed by atoms with E-state index < -0.39 is 11.6 Å². The Labute approximate surface area is 144 Å². The van der Waals surface area contributed by atoms with Crippen molar-refractivity contribution in [3.05, 3.63) is 30.1 Å². The Bertz CT molecular complexity index is 669. The predicted molar refractivity (Wildman–Crippen MR) is 86.3 cm³/mol. The summed E-state index contributed by atoms with van der Waals surface area (Å²) in [6.45, 7) is 1.24. The lowest BCUT2D eigenvalue weighted by molar-refractivity contribution is -0.136. The standard InChI is InChI=1S/C17H20FN3O4/c18-12-3-5-13(6-4-12)25-11-1-2-14(22)21-9-7-17(8-10-21)15(23)19-16(24)20-17/h3-6H,1-2,7-11H2,(H2,19,20,23,24). The summed E-state index contributed by atoms with van der Waals surface area (Å²) in [6, 6.07) is 5.26. The van der Waals surface area contributed by atoms with E-state index in [1.807, 2.05) is 0 Å². The first-order valence-corrected chi connectivity index (χ1v) is 8.28. The van der Waals surface area contributed by atoms with Crippen LogP contribution >= 0.6 is 0 Å². The Morgan fingerprint density at radius 2 is 1.88 bits per heavy atom. The van der Waals surface area contributed by atoms with Gasteiger partial charge in [-0.05, 0) is 43.5 Å². The van der Waals surface area contributed by atoms with Crippen LogP contribution in [0.2, 0.25) is 0 Å². The van der Waals surface area contributed by atoms with Crippen molar-refractivity contribution in [1.82, 2.24) is 15.5 Å². The average Bonchev–Trinajstić information content (AvgIpc) is 2.87. The molecule has 7 nitrogen and oxygen atoms in total. The quantitative estimate of drug-likeness (QED) is 0.617. The third-order valence-corrected chi connectivity index (χ3v) is 4.60. The van der Waals surface area contributed by atoms with Gasteiger partial charge in [-0.25, -0.2) is 9.18 Å². The van der Waals surface area contributed by atoms with Crippen molar-refractivity contribution in [3.8, 4) is 5.75 Å². The van der Waals surface area contributed by atoms with Gasteiger partial charge in [0.05, 0.1) is 6.61 Å². The van der Waals surface area contributed by atoms with E-state index in [2.05, 4.69) is 10.6 Å². The zero-order valence-corrected chi connectivity index (χ0v) is 13.7. The van der Waals surface area contributed by atoms with Gasteiger partial charge in [0.15, 0.2) is 0 Å². The maximum atomic E-state index is 12.8. The average molecular weight is 349 g/mol. The molecular weight excluding hydrogens is 329 g/mol. The number of carbonyl (C=O) groups is 3. The van der Waals surface area contributed by atoms with Crippen LogP contribution in [-0.4, -0.2) is 48.0 Å². The molecule has 2 fully saturated rings. The Balaban J connectivity index is 1.39. The largest absolute Gasteiger partial charge is 0.494 e. The van der Waals surface area contributed by atoms with Gasteiger partial charge >= 0.3 is 6.03 Å². The first kappa shape index (κ1) is 17.2. The molecule has 0 atom stereocenters. The molecule has 1 spiro atoms. The number of ether oxygens (including phenoxy) is 1. The minimum atomic E-state index is -0.862. The highest BCUT2D eigenvalue weighted by atomic mass is 19.1. The predicted octanol–water partition coefficient (Wildman–Crippen LogP) is 1.19. The van der Waals surface area contributed by atoms with Crippen LogP contribution in [0.1, 0.15) is 25.7 Å². The number of nitrogens with zero attached hydrogens (tertiary/aromatic N) is 1. The Hall–Kier alpha value is -2.64. The number of urea groups is 1. The number of hydrogen-bond acceptors (Lipinski definition) is 4. The molecule has 0 saturated carbocycles. The zero-order chi connectivity index (χ0) is 17.9. The Morgan fingerprint density at radius 1 is 1.20 bits per heavy atom. The molecule has 0 unspecified atom stereocenters. The second kappa shape index (κ2) is 7.08. The summed E-state index contributed by atoms with van der Waals surface area (Å²) in [7, 11) is 0. The van der Waals surface area contributed by atoms with Crippen molar-refractivity contribution in [2.75, 3.05) is 19.7 Å². The lowest BCUT2D eigenvalue weighted by Crippen LogP contribution is -2.55. The normalized spacial score (nSPS) is 18.8. The Morgan fingerprint density at radius 3 is 2.48 bits per heavy atom. The Kier molecular flexibility index (Phi) is 4.87. The topological polar surface area (TPSA) is 87.7 Å². The van der Waals surface area contributed by atoms with Crippen LogP contribution in [0, 0.1) is 5.82 Å². The SMILES string of the molecule is O=C1NC(=O)C2(CCN(C(=O)CCCOc3ccc(F)cc3)CC2)N1. The molecule has 2 aliphatic heterocycles. The third-order valence-electron chi connectivity index (χ3n) is 4.60. The molecular formula is C17H20FN3O4. The van der Waals surface area contributed by atoms with E-state index >= 15 is 0 Å². The molecule has 1 aromatic rings. The molecule has 2 saturated heterocycles. The van der Waals surface area contributed by atoms with Gasteiger partial charge in [0.2, 0.25) is 5.91 Å². The summed E-state index contributed by atoms with van der Waals surface area (Å²) in [5.74, 6) is -0.0612. The summed E-state index contributed by atoms with van der Waals surface area (Å²) < 4.78 is 18.3.